The molecule has 0 bridgehead atoms. The molecule has 6 heteroatoms. The van der Waals surface area contributed by atoms with Gasteiger partial charge in [-0.3, -0.25) is 9.48 Å². The van der Waals surface area contributed by atoms with Gasteiger partial charge in [0.1, 0.15) is 5.69 Å². The molecule has 2 rings (SSSR count). The molecular formula is C13H23ClN4O. The Balaban J connectivity index is 0.00000180. The van der Waals surface area contributed by atoms with Crippen LogP contribution in [0, 0.1) is 12.8 Å². The normalized spacial score (nSPS) is 16.3. The number of nitrogens with one attached hydrogen (secondary N) is 1. The first-order chi connectivity index (χ1) is 8.61. The Bertz CT molecular complexity index is 424. The number of carbonyl (C=O) groups excluding carboxylic acids is 1. The quantitative estimate of drug-likeness (QED) is 0.909. The Hall–Kier alpha value is -1.07. The zero-order valence-corrected chi connectivity index (χ0v) is 12.7. The molecule has 1 saturated heterocycles. The van der Waals surface area contributed by atoms with Crippen LogP contribution in [0.2, 0.25) is 0 Å². The van der Waals surface area contributed by atoms with Crippen molar-refractivity contribution in [2.45, 2.75) is 19.8 Å². The first kappa shape index (κ1) is 16.0. The van der Waals surface area contributed by atoms with Gasteiger partial charge in [-0.15, -0.1) is 12.4 Å². The minimum absolute atomic E-state index is 0. The minimum Gasteiger partial charge on any atom is -0.337 e. The lowest BCUT2D eigenvalue weighted by Gasteiger charge is -2.31. The molecule has 0 unspecified atom stereocenters. The van der Waals surface area contributed by atoms with Gasteiger partial charge in [-0.25, -0.2) is 0 Å². The second-order valence-electron chi connectivity index (χ2n) is 5.09. The third-order valence-corrected chi connectivity index (χ3v) is 3.62. The van der Waals surface area contributed by atoms with Gasteiger partial charge < -0.3 is 10.2 Å². The Morgan fingerprint density at radius 3 is 2.58 bits per heavy atom. The third-order valence-electron chi connectivity index (χ3n) is 3.62. The minimum atomic E-state index is 0. The van der Waals surface area contributed by atoms with Crippen LogP contribution in [0.25, 0.3) is 0 Å². The van der Waals surface area contributed by atoms with Crippen molar-refractivity contribution in [3.05, 3.63) is 17.5 Å². The number of likely N-dealkylation sites (tertiary alicyclic amines) is 1. The van der Waals surface area contributed by atoms with Crippen LogP contribution in [-0.2, 0) is 7.05 Å². The summed E-state index contributed by atoms with van der Waals surface area (Å²) in [5.41, 5.74) is 1.59. The smallest absolute Gasteiger partial charge is 0.272 e. The molecule has 108 valence electrons. The van der Waals surface area contributed by atoms with E-state index < -0.39 is 0 Å². The first-order valence-electron chi connectivity index (χ1n) is 6.56. The van der Waals surface area contributed by atoms with E-state index in [1.165, 1.54) is 0 Å². The third kappa shape index (κ3) is 3.70. The van der Waals surface area contributed by atoms with Crippen LogP contribution in [0.5, 0.6) is 0 Å². The summed E-state index contributed by atoms with van der Waals surface area (Å²) < 4.78 is 1.68. The van der Waals surface area contributed by atoms with E-state index in [1.54, 1.807) is 4.68 Å². The Morgan fingerprint density at radius 2 is 2.11 bits per heavy atom. The Labute approximate surface area is 120 Å². The summed E-state index contributed by atoms with van der Waals surface area (Å²) in [5.74, 6) is 0.813. The van der Waals surface area contributed by atoms with E-state index in [0.717, 1.165) is 38.2 Å². The average Bonchev–Trinajstić information content (AvgIpc) is 2.69. The van der Waals surface area contributed by atoms with E-state index in [0.29, 0.717) is 11.6 Å². The second-order valence-corrected chi connectivity index (χ2v) is 5.09. The fourth-order valence-electron chi connectivity index (χ4n) is 2.60. The van der Waals surface area contributed by atoms with Crippen LogP contribution in [0.4, 0.5) is 0 Å². The number of amides is 1. The summed E-state index contributed by atoms with van der Waals surface area (Å²) in [6.07, 6.45) is 2.17. The van der Waals surface area contributed by atoms with Crippen molar-refractivity contribution in [1.29, 1.82) is 0 Å². The monoisotopic (exact) mass is 286 g/mol. The molecule has 0 aromatic carbocycles. The van der Waals surface area contributed by atoms with Crippen LogP contribution in [0.3, 0.4) is 0 Å². The number of nitrogens with zero attached hydrogens (tertiary/aromatic N) is 3. The van der Waals surface area contributed by atoms with Gasteiger partial charge in [0.25, 0.3) is 5.91 Å². The molecule has 0 radical (unpaired) electrons. The lowest BCUT2D eigenvalue weighted by Crippen LogP contribution is -2.41. The maximum Gasteiger partial charge on any atom is 0.272 e. The fraction of sp³-hybridized carbons (Fsp3) is 0.692. The summed E-state index contributed by atoms with van der Waals surface area (Å²) in [6.45, 7) is 4.67. The molecule has 0 spiro atoms. The van der Waals surface area contributed by atoms with Crippen LogP contribution in [-0.4, -0.2) is 47.3 Å². The van der Waals surface area contributed by atoms with Gasteiger partial charge in [-0.1, -0.05) is 0 Å². The zero-order valence-electron chi connectivity index (χ0n) is 11.8. The molecular weight excluding hydrogens is 264 g/mol. The number of aryl methyl sites for hydroxylation is 2. The number of piperidine rings is 1. The molecule has 1 aliphatic rings. The van der Waals surface area contributed by atoms with Crippen molar-refractivity contribution in [2.24, 2.45) is 13.0 Å². The van der Waals surface area contributed by atoms with Crippen LogP contribution >= 0.6 is 12.4 Å². The van der Waals surface area contributed by atoms with Crippen molar-refractivity contribution in [1.82, 2.24) is 20.0 Å². The van der Waals surface area contributed by atoms with Gasteiger partial charge >= 0.3 is 0 Å². The summed E-state index contributed by atoms with van der Waals surface area (Å²) >= 11 is 0. The van der Waals surface area contributed by atoms with Gasteiger partial charge in [0.05, 0.1) is 5.69 Å². The summed E-state index contributed by atoms with van der Waals surface area (Å²) in [6, 6.07) is 1.86. The number of rotatable bonds is 3. The molecule has 1 N–H and O–H groups in total. The first-order valence-corrected chi connectivity index (χ1v) is 6.56. The van der Waals surface area contributed by atoms with Gasteiger partial charge in [-0.2, -0.15) is 5.10 Å². The van der Waals surface area contributed by atoms with Crippen LogP contribution < -0.4 is 5.32 Å². The average molecular weight is 287 g/mol. The van der Waals surface area contributed by atoms with Crippen molar-refractivity contribution in [2.75, 3.05) is 26.7 Å². The van der Waals surface area contributed by atoms with Gasteiger partial charge in [0, 0.05) is 20.1 Å². The van der Waals surface area contributed by atoms with E-state index in [2.05, 4.69) is 10.4 Å². The predicted molar refractivity (Wildman–Crippen MR) is 77.7 cm³/mol. The van der Waals surface area contributed by atoms with E-state index >= 15 is 0 Å². The fourth-order valence-corrected chi connectivity index (χ4v) is 2.60. The van der Waals surface area contributed by atoms with Gasteiger partial charge in [-0.05, 0) is 45.3 Å². The number of hydrogen-bond donors (Lipinski definition) is 1. The largest absolute Gasteiger partial charge is 0.337 e. The van der Waals surface area contributed by atoms with Crippen LogP contribution in [0.15, 0.2) is 6.07 Å². The molecule has 1 amide bonds. The molecule has 1 aromatic rings. The molecule has 1 fully saturated rings. The highest BCUT2D eigenvalue weighted by Crippen LogP contribution is 2.18. The summed E-state index contributed by atoms with van der Waals surface area (Å²) in [7, 11) is 3.81. The second kappa shape index (κ2) is 6.91. The highest BCUT2D eigenvalue weighted by molar-refractivity contribution is 5.92. The lowest BCUT2D eigenvalue weighted by atomic mass is 9.96. The summed E-state index contributed by atoms with van der Waals surface area (Å²) in [5, 5.41) is 7.44. The Morgan fingerprint density at radius 1 is 1.47 bits per heavy atom. The van der Waals surface area contributed by atoms with Crippen molar-refractivity contribution >= 4 is 18.3 Å². The van der Waals surface area contributed by atoms with Crippen molar-refractivity contribution in [3.63, 3.8) is 0 Å². The highest BCUT2D eigenvalue weighted by Gasteiger charge is 2.25. The van der Waals surface area contributed by atoms with E-state index in [9.17, 15) is 4.79 Å². The standard InChI is InChI=1S/C13H22N4O.ClH/c1-10-8-12(16(3)15-10)13(18)17-6-4-11(5-7-17)9-14-2;/h8,11,14H,4-7,9H2,1-3H3;1H. The maximum absolute atomic E-state index is 12.3. The zero-order chi connectivity index (χ0) is 13.1. The van der Waals surface area contributed by atoms with Crippen LogP contribution in [0.1, 0.15) is 29.0 Å². The lowest BCUT2D eigenvalue weighted by molar-refractivity contribution is 0.0680. The van der Waals surface area contributed by atoms with E-state index in [-0.39, 0.29) is 18.3 Å². The van der Waals surface area contributed by atoms with E-state index in [4.69, 9.17) is 0 Å². The maximum atomic E-state index is 12.3. The number of hydrogen-bond acceptors (Lipinski definition) is 3. The molecule has 1 aromatic heterocycles. The van der Waals surface area contributed by atoms with Gasteiger partial charge in [0.2, 0.25) is 0 Å². The molecule has 2 heterocycles. The highest BCUT2D eigenvalue weighted by atomic mass is 35.5. The molecule has 19 heavy (non-hydrogen) atoms. The number of aromatic nitrogens is 2. The molecule has 5 nitrogen and oxygen atoms in total. The Kier molecular flexibility index (Phi) is 5.82. The summed E-state index contributed by atoms with van der Waals surface area (Å²) in [4.78, 5) is 14.3. The van der Waals surface area contributed by atoms with Crippen molar-refractivity contribution < 1.29 is 4.79 Å². The number of halogens is 1. The van der Waals surface area contributed by atoms with Gasteiger partial charge in [0.15, 0.2) is 0 Å². The molecule has 1 aliphatic heterocycles. The molecule has 0 aliphatic carbocycles. The molecule has 0 atom stereocenters. The SMILES string of the molecule is CNCC1CCN(C(=O)c2cc(C)nn2C)CC1.Cl. The van der Waals surface area contributed by atoms with Crippen molar-refractivity contribution in [3.8, 4) is 0 Å². The van der Waals surface area contributed by atoms with E-state index in [1.807, 2.05) is 32.0 Å². The molecule has 0 saturated carbocycles. The number of carbonyl (C=O) groups is 1. The topological polar surface area (TPSA) is 50.2 Å². The predicted octanol–water partition coefficient (Wildman–Crippen LogP) is 1.22.